The number of hydrogen-bond donors (Lipinski definition) is 1. The Balaban J connectivity index is 1.46. The summed E-state index contributed by atoms with van der Waals surface area (Å²) in [7, 11) is 0. The Morgan fingerprint density at radius 1 is 0.971 bits per heavy atom. The van der Waals surface area contributed by atoms with Crippen molar-refractivity contribution < 1.29 is 14.4 Å². The molecule has 0 saturated carbocycles. The number of carbonyl (C=O) groups is 2. The first-order chi connectivity index (χ1) is 17.0. The van der Waals surface area contributed by atoms with E-state index in [2.05, 4.69) is 74.9 Å². The van der Waals surface area contributed by atoms with E-state index in [1.54, 1.807) is 0 Å². The predicted octanol–water partition coefficient (Wildman–Crippen LogP) is 6.68. The van der Waals surface area contributed by atoms with Gasteiger partial charge >= 0.3 is 0 Å². The van der Waals surface area contributed by atoms with E-state index in [1.165, 1.54) is 32.1 Å². The van der Waals surface area contributed by atoms with Crippen molar-refractivity contribution in [3.63, 3.8) is 0 Å². The quantitative estimate of drug-likeness (QED) is 0.249. The summed E-state index contributed by atoms with van der Waals surface area (Å²) in [4.78, 5) is 31.2. The van der Waals surface area contributed by atoms with Gasteiger partial charge in [0.2, 0.25) is 5.91 Å². The number of rotatable bonds is 16. The standard InChI is InChI=1S/C30H48N2O3/c1-4-5-6-15-18-25(2)23-26(3)19-16-13-11-9-7-8-10-12-14-17-20-29(33)32-22-21-28-27(24-32)30(34)31-35-28/h5-8,11-14,25-28H,4,9-10,15-24H2,1-3H3,(H,31,34). The van der Waals surface area contributed by atoms with Crippen LogP contribution in [0.3, 0.4) is 0 Å². The molecule has 4 atom stereocenters. The number of likely N-dealkylation sites (tertiary alicyclic amines) is 1. The second-order valence-electron chi connectivity index (χ2n) is 10.3. The van der Waals surface area contributed by atoms with Crippen molar-refractivity contribution in [1.82, 2.24) is 10.4 Å². The van der Waals surface area contributed by atoms with Crippen molar-refractivity contribution in [2.75, 3.05) is 13.1 Å². The summed E-state index contributed by atoms with van der Waals surface area (Å²) in [5.74, 6) is 1.42. The maximum Gasteiger partial charge on any atom is 0.251 e. The van der Waals surface area contributed by atoms with Gasteiger partial charge in [0.1, 0.15) is 6.10 Å². The van der Waals surface area contributed by atoms with E-state index in [0.29, 0.717) is 19.5 Å². The van der Waals surface area contributed by atoms with Crippen LogP contribution in [-0.4, -0.2) is 35.9 Å². The lowest BCUT2D eigenvalue weighted by molar-refractivity contribution is -0.135. The molecule has 2 rings (SSSR count). The molecule has 0 aromatic heterocycles. The third-order valence-corrected chi connectivity index (χ3v) is 6.98. The van der Waals surface area contributed by atoms with Crippen molar-refractivity contribution in [3.05, 3.63) is 48.6 Å². The number of nitrogens with one attached hydrogen (secondary N) is 1. The predicted molar refractivity (Wildman–Crippen MR) is 144 cm³/mol. The Kier molecular flexibility index (Phi) is 14.4. The molecule has 2 heterocycles. The zero-order valence-electron chi connectivity index (χ0n) is 22.3. The molecule has 2 fully saturated rings. The van der Waals surface area contributed by atoms with Crippen molar-refractivity contribution in [1.29, 1.82) is 0 Å². The van der Waals surface area contributed by atoms with Crippen LogP contribution in [0.2, 0.25) is 0 Å². The fraction of sp³-hybridized carbons (Fsp3) is 0.667. The number of fused-ring (bicyclic) bond motifs is 1. The number of hydroxylamine groups is 1. The molecule has 5 nitrogen and oxygen atoms in total. The summed E-state index contributed by atoms with van der Waals surface area (Å²) in [6.07, 6.45) is 29.0. The van der Waals surface area contributed by atoms with Gasteiger partial charge < -0.3 is 4.90 Å². The molecule has 0 spiro atoms. The van der Waals surface area contributed by atoms with Crippen molar-refractivity contribution in [2.45, 2.75) is 97.5 Å². The van der Waals surface area contributed by atoms with E-state index in [0.717, 1.165) is 43.9 Å². The molecule has 2 aliphatic heterocycles. The van der Waals surface area contributed by atoms with Crippen molar-refractivity contribution in [2.24, 2.45) is 17.8 Å². The Morgan fingerprint density at radius 2 is 1.57 bits per heavy atom. The maximum atomic E-state index is 12.4. The average molecular weight is 485 g/mol. The van der Waals surface area contributed by atoms with Gasteiger partial charge in [-0.1, -0.05) is 69.4 Å². The van der Waals surface area contributed by atoms with Gasteiger partial charge in [0.25, 0.3) is 5.91 Å². The highest BCUT2D eigenvalue weighted by Crippen LogP contribution is 2.24. The number of hydrogen-bond acceptors (Lipinski definition) is 3. The summed E-state index contributed by atoms with van der Waals surface area (Å²) in [6, 6.07) is 0. The van der Waals surface area contributed by atoms with E-state index >= 15 is 0 Å². The van der Waals surface area contributed by atoms with E-state index < -0.39 is 0 Å². The van der Waals surface area contributed by atoms with Crippen LogP contribution in [-0.2, 0) is 14.4 Å². The normalized spacial score (nSPS) is 22.5. The van der Waals surface area contributed by atoms with Gasteiger partial charge in [-0.3, -0.25) is 14.4 Å². The van der Waals surface area contributed by atoms with Crippen LogP contribution < -0.4 is 5.48 Å². The molecule has 0 radical (unpaired) electrons. The fourth-order valence-corrected chi connectivity index (χ4v) is 4.87. The average Bonchev–Trinajstić information content (AvgIpc) is 3.22. The number of allylic oxidation sites excluding steroid dienone is 8. The minimum atomic E-state index is -0.211. The first-order valence-electron chi connectivity index (χ1n) is 13.8. The van der Waals surface area contributed by atoms with Crippen LogP contribution in [0.1, 0.15) is 91.4 Å². The van der Waals surface area contributed by atoms with Crippen LogP contribution >= 0.6 is 0 Å². The second kappa shape index (κ2) is 17.3. The molecular formula is C30H48N2O3. The first-order valence-corrected chi connectivity index (χ1v) is 13.8. The summed E-state index contributed by atoms with van der Waals surface area (Å²) in [5.41, 5.74) is 2.43. The Morgan fingerprint density at radius 3 is 2.23 bits per heavy atom. The van der Waals surface area contributed by atoms with Gasteiger partial charge in [-0.2, -0.15) is 0 Å². The summed E-state index contributed by atoms with van der Waals surface area (Å²) in [6.45, 7) is 8.11. The molecule has 4 unspecified atom stereocenters. The molecule has 0 aliphatic carbocycles. The molecule has 5 heteroatoms. The molecule has 196 valence electrons. The van der Waals surface area contributed by atoms with E-state index in [4.69, 9.17) is 4.84 Å². The molecule has 0 aromatic carbocycles. The van der Waals surface area contributed by atoms with Crippen LogP contribution in [0.25, 0.3) is 0 Å². The highest BCUT2D eigenvalue weighted by Gasteiger charge is 2.41. The van der Waals surface area contributed by atoms with Crippen molar-refractivity contribution >= 4 is 11.8 Å². The summed E-state index contributed by atoms with van der Waals surface area (Å²) in [5, 5.41) is 0. The topological polar surface area (TPSA) is 58.6 Å². The van der Waals surface area contributed by atoms with Crippen LogP contribution in [0, 0.1) is 17.8 Å². The third-order valence-electron chi connectivity index (χ3n) is 6.98. The zero-order chi connectivity index (χ0) is 25.3. The molecule has 0 bridgehead atoms. The molecule has 2 amide bonds. The minimum Gasteiger partial charge on any atom is -0.342 e. The van der Waals surface area contributed by atoms with Crippen molar-refractivity contribution in [3.8, 4) is 0 Å². The number of carbonyl (C=O) groups excluding carboxylic acids is 2. The third kappa shape index (κ3) is 11.9. The summed E-state index contributed by atoms with van der Waals surface area (Å²) >= 11 is 0. The first kappa shape index (κ1) is 29.1. The van der Waals surface area contributed by atoms with Crippen LogP contribution in [0.5, 0.6) is 0 Å². The zero-order valence-corrected chi connectivity index (χ0v) is 22.3. The van der Waals surface area contributed by atoms with Gasteiger partial charge in [0.15, 0.2) is 0 Å². The fourth-order valence-electron chi connectivity index (χ4n) is 4.87. The lowest BCUT2D eigenvalue weighted by Gasteiger charge is -2.32. The highest BCUT2D eigenvalue weighted by molar-refractivity contribution is 5.82. The van der Waals surface area contributed by atoms with Gasteiger partial charge in [-0.05, 0) is 76.0 Å². The van der Waals surface area contributed by atoms with Gasteiger partial charge in [-0.25, -0.2) is 5.48 Å². The smallest absolute Gasteiger partial charge is 0.251 e. The SMILES string of the molecule is CCC=CCCC(C)CC(C)CCC=CCC=CCC=CCCC(=O)N1CCC2ONC(=O)C2C1. The molecule has 2 saturated heterocycles. The van der Waals surface area contributed by atoms with Gasteiger partial charge in [0, 0.05) is 19.5 Å². The molecule has 0 aromatic rings. The minimum absolute atomic E-state index is 0.0756. The summed E-state index contributed by atoms with van der Waals surface area (Å²) < 4.78 is 0. The molecule has 2 aliphatic rings. The molecule has 35 heavy (non-hydrogen) atoms. The van der Waals surface area contributed by atoms with E-state index in [9.17, 15) is 9.59 Å². The van der Waals surface area contributed by atoms with Crippen LogP contribution in [0.4, 0.5) is 0 Å². The Labute approximate surface area is 213 Å². The van der Waals surface area contributed by atoms with E-state index in [1.807, 2.05) is 4.90 Å². The van der Waals surface area contributed by atoms with E-state index in [-0.39, 0.29) is 23.8 Å². The second-order valence-corrected chi connectivity index (χ2v) is 10.3. The number of amides is 2. The Bertz CT molecular complexity index is 740. The lowest BCUT2D eigenvalue weighted by Crippen LogP contribution is -2.46. The van der Waals surface area contributed by atoms with Gasteiger partial charge in [-0.15, -0.1) is 0 Å². The molecule has 1 N–H and O–H groups in total. The largest absolute Gasteiger partial charge is 0.342 e. The molecular weight excluding hydrogens is 436 g/mol. The Hall–Kier alpha value is -2.14. The van der Waals surface area contributed by atoms with Gasteiger partial charge in [0.05, 0.1) is 5.92 Å². The maximum absolute atomic E-state index is 12.4. The van der Waals surface area contributed by atoms with Crippen LogP contribution in [0.15, 0.2) is 48.6 Å². The number of nitrogens with zero attached hydrogens (tertiary/aromatic N) is 1. The highest BCUT2D eigenvalue weighted by atomic mass is 16.7. The lowest BCUT2D eigenvalue weighted by atomic mass is 9.90. The monoisotopic (exact) mass is 484 g/mol. The number of piperidine rings is 1.